The number of amides is 1. The summed E-state index contributed by atoms with van der Waals surface area (Å²) in [6, 6.07) is 0. The summed E-state index contributed by atoms with van der Waals surface area (Å²) >= 11 is 0. The second-order valence-electron chi connectivity index (χ2n) is 6.72. The van der Waals surface area contributed by atoms with Crippen molar-refractivity contribution in [3.63, 3.8) is 0 Å². The number of hydrogen-bond acceptors (Lipinski definition) is 7. The van der Waals surface area contributed by atoms with E-state index in [1.165, 1.54) is 10.9 Å². The Hall–Kier alpha value is -1.42. The first-order chi connectivity index (χ1) is 10.6. The van der Waals surface area contributed by atoms with E-state index in [-0.39, 0.29) is 46.7 Å². The Labute approximate surface area is 160 Å². The van der Waals surface area contributed by atoms with Gasteiger partial charge in [-0.15, -0.1) is 5.10 Å². The van der Waals surface area contributed by atoms with Gasteiger partial charge in [0.05, 0.1) is 12.2 Å². The van der Waals surface area contributed by atoms with Crippen LogP contribution in [0, 0.1) is 11.3 Å². The van der Waals surface area contributed by atoms with Crippen LogP contribution in [0.3, 0.4) is 0 Å². The van der Waals surface area contributed by atoms with Gasteiger partial charge in [0.2, 0.25) is 5.91 Å². The standard InChI is InChI=1S/C14H18N4O5.Na/c1-14(2,3)10-8(13(21)22)18-11(20)7(12(18)23-10)9(19)6-5-17(4)16-15-6;/h5,7,9,12,19H,1-4H3,(H,21,22);/q;+1/p-1/t7-,9-,12+;/m0./s1. The predicted octanol–water partition coefficient (Wildman–Crippen LogP) is -4.33. The zero-order valence-corrected chi connectivity index (χ0v) is 16.2. The van der Waals surface area contributed by atoms with E-state index in [1.54, 1.807) is 27.8 Å². The second-order valence-corrected chi connectivity index (χ2v) is 6.72. The summed E-state index contributed by atoms with van der Waals surface area (Å²) in [4.78, 5) is 24.8. The molecule has 0 unspecified atom stereocenters. The maximum absolute atomic E-state index is 12.4. The first-order valence-corrected chi connectivity index (χ1v) is 7.13. The SMILES string of the molecule is Cn1cc([C@H](O)[C@H]2C(=O)N3C(C(=O)[O-])=C(C(C)(C)C)O[C@H]23)nn1.[Na+]. The van der Waals surface area contributed by atoms with Crippen LogP contribution in [0.1, 0.15) is 32.6 Å². The van der Waals surface area contributed by atoms with Gasteiger partial charge in [-0.1, -0.05) is 26.0 Å². The molecule has 24 heavy (non-hydrogen) atoms. The van der Waals surface area contributed by atoms with Crippen LogP contribution in [0.5, 0.6) is 0 Å². The number of carbonyl (C=O) groups excluding carboxylic acids is 2. The van der Waals surface area contributed by atoms with E-state index in [0.29, 0.717) is 0 Å². The number of carbonyl (C=O) groups is 2. The largest absolute Gasteiger partial charge is 1.00 e. The van der Waals surface area contributed by atoms with Gasteiger partial charge in [-0.2, -0.15) is 0 Å². The van der Waals surface area contributed by atoms with Crippen LogP contribution >= 0.6 is 0 Å². The maximum atomic E-state index is 12.4. The molecule has 0 radical (unpaired) electrons. The number of allylic oxidation sites excluding steroid dienone is 1. The Morgan fingerprint density at radius 3 is 2.54 bits per heavy atom. The fraction of sp³-hybridized carbons (Fsp3) is 0.571. The van der Waals surface area contributed by atoms with Crippen molar-refractivity contribution in [1.82, 2.24) is 19.9 Å². The van der Waals surface area contributed by atoms with Gasteiger partial charge in [-0.05, 0) is 0 Å². The predicted molar refractivity (Wildman–Crippen MR) is 72.7 cm³/mol. The molecule has 124 valence electrons. The number of aromatic nitrogens is 3. The molecule has 0 aromatic carbocycles. The van der Waals surface area contributed by atoms with E-state index in [4.69, 9.17) is 4.74 Å². The third kappa shape index (κ3) is 2.75. The molecular formula is C14H17N4NaO5. The van der Waals surface area contributed by atoms with Crippen molar-refractivity contribution in [2.24, 2.45) is 18.4 Å². The van der Waals surface area contributed by atoms with Crippen LogP contribution < -0.4 is 34.7 Å². The molecule has 10 heteroatoms. The van der Waals surface area contributed by atoms with Gasteiger partial charge >= 0.3 is 29.6 Å². The molecular weight excluding hydrogens is 327 g/mol. The van der Waals surface area contributed by atoms with Crippen molar-refractivity contribution >= 4 is 11.9 Å². The number of aryl methyl sites for hydroxylation is 1. The van der Waals surface area contributed by atoms with Gasteiger partial charge in [0, 0.05) is 12.5 Å². The van der Waals surface area contributed by atoms with E-state index in [1.807, 2.05) is 0 Å². The summed E-state index contributed by atoms with van der Waals surface area (Å²) in [5.74, 6) is -2.77. The number of hydrogen-bond donors (Lipinski definition) is 1. The number of aliphatic carboxylic acids is 1. The van der Waals surface area contributed by atoms with Crippen LogP contribution in [0.4, 0.5) is 0 Å². The molecule has 1 fully saturated rings. The van der Waals surface area contributed by atoms with Crippen molar-refractivity contribution in [1.29, 1.82) is 0 Å². The number of aliphatic hydroxyl groups is 1. The Morgan fingerprint density at radius 2 is 2.08 bits per heavy atom. The average molecular weight is 344 g/mol. The van der Waals surface area contributed by atoms with Crippen LogP contribution in [-0.4, -0.2) is 43.1 Å². The third-order valence-corrected chi connectivity index (χ3v) is 3.92. The molecule has 3 rings (SSSR count). The molecule has 0 bridgehead atoms. The smallest absolute Gasteiger partial charge is 0.543 e. The van der Waals surface area contributed by atoms with E-state index in [9.17, 15) is 19.8 Å². The Morgan fingerprint density at radius 1 is 1.46 bits per heavy atom. The fourth-order valence-electron chi connectivity index (χ4n) is 2.83. The maximum Gasteiger partial charge on any atom is 1.00 e. The summed E-state index contributed by atoms with van der Waals surface area (Å²) in [5.41, 5.74) is -0.655. The van der Waals surface area contributed by atoms with Crippen molar-refractivity contribution in [2.45, 2.75) is 33.1 Å². The molecule has 1 aromatic rings. The van der Waals surface area contributed by atoms with Gasteiger partial charge in [0.15, 0.2) is 6.23 Å². The van der Waals surface area contributed by atoms with Gasteiger partial charge in [0.25, 0.3) is 0 Å². The molecule has 3 heterocycles. The molecule has 2 aliphatic heterocycles. The minimum atomic E-state index is -1.47. The summed E-state index contributed by atoms with van der Waals surface area (Å²) in [5, 5.41) is 29.3. The molecule has 2 aliphatic rings. The quantitative estimate of drug-likeness (QED) is 0.435. The Balaban J connectivity index is 0.00000208. The van der Waals surface area contributed by atoms with Crippen molar-refractivity contribution in [3.05, 3.63) is 23.3 Å². The topological polar surface area (TPSA) is 121 Å². The normalized spacial score (nSPS) is 24.0. The number of fused-ring (bicyclic) bond motifs is 1. The van der Waals surface area contributed by atoms with E-state index in [0.717, 1.165) is 4.90 Å². The summed E-state index contributed by atoms with van der Waals surface area (Å²) in [6.45, 7) is 5.32. The summed E-state index contributed by atoms with van der Waals surface area (Å²) in [6.07, 6.45) is -0.603. The van der Waals surface area contributed by atoms with Gasteiger partial charge in [-0.3, -0.25) is 14.4 Å². The first kappa shape index (κ1) is 18.9. The molecule has 3 atom stereocenters. The molecule has 0 saturated carbocycles. The van der Waals surface area contributed by atoms with Crippen molar-refractivity contribution in [3.8, 4) is 0 Å². The first-order valence-electron chi connectivity index (χ1n) is 7.13. The minimum absolute atomic E-state index is 0. The minimum Gasteiger partial charge on any atom is -0.543 e. The Bertz CT molecular complexity index is 723. The summed E-state index contributed by atoms with van der Waals surface area (Å²) < 4.78 is 7.08. The molecule has 1 N–H and O–H groups in total. The van der Waals surface area contributed by atoms with Crippen molar-refractivity contribution in [2.75, 3.05) is 0 Å². The zero-order chi connectivity index (χ0) is 17.1. The van der Waals surface area contributed by atoms with E-state index in [2.05, 4.69) is 10.3 Å². The number of carboxylic acids is 1. The van der Waals surface area contributed by atoms with E-state index >= 15 is 0 Å². The molecule has 0 aliphatic carbocycles. The zero-order valence-electron chi connectivity index (χ0n) is 14.2. The van der Waals surface area contributed by atoms with Gasteiger partial charge in [-0.25, -0.2) is 0 Å². The summed E-state index contributed by atoms with van der Waals surface area (Å²) in [7, 11) is 1.64. The number of nitrogens with zero attached hydrogens (tertiary/aromatic N) is 4. The van der Waals surface area contributed by atoms with Crippen LogP contribution in [0.15, 0.2) is 17.7 Å². The molecule has 1 amide bonds. The van der Waals surface area contributed by atoms with Crippen molar-refractivity contribution < 1.29 is 54.1 Å². The second kappa shape index (κ2) is 6.14. The number of aliphatic hydroxyl groups excluding tert-OH is 1. The number of carboxylic acid groups (broad SMARTS) is 1. The molecule has 1 saturated heterocycles. The number of rotatable bonds is 3. The third-order valence-electron chi connectivity index (χ3n) is 3.92. The average Bonchev–Trinajstić information content (AvgIpc) is 2.99. The molecule has 9 nitrogen and oxygen atoms in total. The monoisotopic (exact) mass is 344 g/mol. The fourth-order valence-corrected chi connectivity index (χ4v) is 2.83. The number of β-lactam (4-membered cyclic amide) rings is 1. The number of ether oxygens (including phenoxy) is 1. The van der Waals surface area contributed by atoms with Crippen LogP contribution in [-0.2, 0) is 21.4 Å². The van der Waals surface area contributed by atoms with Gasteiger partial charge < -0.3 is 19.7 Å². The van der Waals surface area contributed by atoms with Crippen LogP contribution in [0.25, 0.3) is 0 Å². The molecule has 0 spiro atoms. The molecule has 1 aromatic heterocycles. The van der Waals surface area contributed by atoms with E-state index < -0.39 is 35.5 Å². The Kier molecular flexibility index (Phi) is 4.84. The van der Waals surface area contributed by atoms with Gasteiger partial charge in [0.1, 0.15) is 29.2 Å². The van der Waals surface area contributed by atoms with Crippen LogP contribution in [0.2, 0.25) is 0 Å².